The maximum atomic E-state index is 12.8. The number of nitrogens with zero attached hydrogens (tertiary/aromatic N) is 4. The minimum absolute atomic E-state index is 0.120. The van der Waals surface area contributed by atoms with Crippen LogP contribution in [0.1, 0.15) is 52.1 Å². The van der Waals surface area contributed by atoms with Gasteiger partial charge in [0.25, 0.3) is 11.8 Å². The summed E-state index contributed by atoms with van der Waals surface area (Å²) >= 11 is 0. The third-order valence-corrected chi connectivity index (χ3v) is 4.79. The Morgan fingerprint density at radius 2 is 1.89 bits per heavy atom. The first-order valence-electron chi connectivity index (χ1n) is 9.29. The number of nitrogens with one attached hydrogen (secondary N) is 2. The molecule has 0 spiro atoms. The number of benzene rings is 1. The van der Waals surface area contributed by atoms with E-state index in [-0.39, 0.29) is 17.7 Å². The lowest BCUT2D eigenvalue weighted by atomic mass is 10.1. The zero-order valence-electron chi connectivity index (χ0n) is 15.8. The van der Waals surface area contributed by atoms with Gasteiger partial charge in [0.1, 0.15) is 5.69 Å². The molecule has 28 heavy (non-hydrogen) atoms. The van der Waals surface area contributed by atoms with Gasteiger partial charge in [0.05, 0.1) is 18.8 Å². The molecule has 1 aliphatic rings. The molecular weight excluding hydrogens is 356 g/mol. The number of carbonyl (C=O) groups excluding carboxylic acids is 2. The number of aromatic amines is 1. The molecule has 1 aliphatic heterocycles. The van der Waals surface area contributed by atoms with Crippen molar-refractivity contribution in [1.29, 1.82) is 0 Å². The van der Waals surface area contributed by atoms with E-state index in [1.165, 1.54) is 0 Å². The van der Waals surface area contributed by atoms with Gasteiger partial charge < -0.3 is 10.2 Å². The minimum Gasteiger partial charge on any atom is -0.330 e. The van der Waals surface area contributed by atoms with Crippen LogP contribution < -0.4 is 5.32 Å². The SMILES string of the molecule is CC(C)c1cc(C(=O)N2CCn3nc(C(=O)Nc4ccccc4)cc3C2)n[nH]1. The molecule has 2 N–H and O–H groups in total. The summed E-state index contributed by atoms with van der Waals surface area (Å²) in [5.74, 6) is -0.103. The Labute approximate surface area is 162 Å². The number of aromatic nitrogens is 4. The minimum atomic E-state index is -0.264. The molecule has 0 radical (unpaired) electrons. The van der Waals surface area contributed by atoms with E-state index in [9.17, 15) is 9.59 Å². The fourth-order valence-corrected chi connectivity index (χ4v) is 3.17. The Hall–Kier alpha value is -3.42. The van der Waals surface area contributed by atoms with E-state index >= 15 is 0 Å². The number of rotatable bonds is 4. The number of carbonyl (C=O) groups is 2. The van der Waals surface area contributed by atoms with Gasteiger partial charge in [-0.2, -0.15) is 10.2 Å². The number of hydrogen-bond acceptors (Lipinski definition) is 4. The highest BCUT2D eigenvalue weighted by Gasteiger charge is 2.26. The van der Waals surface area contributed by atoms with Gasteiger partial charge in [0.2, 0.25) is 0 Å². The largest absolute Gasteiger partial charge is 0.330 e. The third kappa shape index (κ3) is 3.53. The Morgan fingerprint density at radius 3 is 2.61 bits per heavy atom. The second-order valence-corrected chi connectivity index (χ2v) is 7.15. The summed E-state index contributed by atoms with van der Waals surface area (Å²) in [7, 11) is 0. The molecule has 0 aliphatic carbocycles. The van der Waals surface area contributed by atoms with Crippen LogP contribution in [0.15, 0.2) is 42.5 Å². The molecule has 0 saturated heterocycles. The van der Waals surface area contributed by atoms with Crippen molar-refractivity contribution in [3.63, 3.8) is 0 Å². The van der Waals surface area contributed by atoms with E-state index in [2.05, 4.69) is 20.6 Å². The molecule has 3 heterocycles. The summed E-state index contributed by atoms with van der Waals surface area (Å²) < 4.78 is 1.79. The van der Waals surface area contributed by atoms with Crippen LogP contribution in [0.4, 0.5) is 5.69 Å². The number of hydrogen-bond donors (Lipinski definition) is 2. The van der Waals surface area contributed by atoms with Crippen molar-refractivity contribution in [1.82, 2.24) is 24.9 Å². The van der Waals surface area contributed by atoms with Gasteiger partial charge in [-0.1, -0.05) is 32.0 Å². The van der Waals surface area contributed by atoms with Crippen LogP contribution in [0, 0.1) is 0 Å². The molecule has 0 unspecified atom stereocenters. The summed E-state index contributed by atoms with van der Waals surface area (Å²) in [6, 6.07) is 12.8. The molecule has 0 atom stereocenters. The van der Waals surface area contributed by atoms with Crippen molar-refractivity contribution in [2.75, 3.05) is 11.9 Å². The lowest BCUT2D eigenvalue weighted by Gasteiger charge is -2.26. The zero-order valence-corrected chi connectivity index (χ0v) is 15.8. The molecule has 8 heteroatoms. The maximum absolute atomic E-state index is 12.8. The van der Waals surface area contributed by atoms with Crippen LogP contribution in [-0.4, -0.2) is 43.2 Å². The fraction of sp³-hybridized carbons (Fsp3) is 0.300. The number of anilines is 1. The topological polar surface area (TPSA) is 95.9 Å². The summed E-state index contributed by atoms with van der Waals surface area (Å²) in [5.41, 5.74) is 3.24. The molecule has 2 amide bonds. The number of amides is 2. The predicted molar refractivity (Wildman–Crippen MR) is 104 cm³/mol. The van der Waals surface area contributed by atoms with E-state index < -0.39 is 0 Å². The highest BCUT2D eigenvalue weighted by atomic mass is 16.2. The van der Waals surface area contributed by atoms with Crippen molar-refractivity contribution in [2.24, 2.45) is 0 Å². The molecule has 1 aromatic carbocycles. The first-order valence-corrected chi connectivity index (χ1v) is 9.29. The van der Waals surface area contributed by atoms with Crippen molar-refractivity contribution >= 4 is 17.5 Å². The Bertz CT molecular complexity index is 1000. The quantitative estimate of drug-likeness (QED) is 0.729. The van der Waals surface area contributed by atoms with E-state index in [0.717, 1.165) is 17.1 Å². The fourth-order valence-electron chi connectivity index (χ4n) is 3.17. The first-order chi connectivity index (χ1) is 13.5. The third-order valence-electron chi connectivity index (χ3n) is 4.79. The summed E-state index contributed by atoms with van der Waals surface area (Å²) in [6.45, 7) is 5.55. The van der Waals surface area contributed by atoms with Gasteiger partial charge in [-0.25, -0.2) is 0 Å². The molecule has 3 aromatic rings. The second-order valence-electron chi connectivity index (χ2n) is 7.15. The molecule has 2 aromatic heterocycles. The Kier molecular flexibility index (Phi) is 4.68. The summed E-state index contributed by atoms with van der Waals surface area (Å²) in [4.78, 5) is 26.9. The Morgan fingerprint density at radius 1 is 1.11 bits per heavy atom. The van der Waals surface area contributed by atoms with E-state index in [4.69, 9.17) is 0 Å². The van der Waals surface area contributed by atoms with Crippen LogP contribution in [0.2, 0.25) is 0 Å². The number of H-pyrrole nitrogens is 1. The molecule has 0 saturated carbocycles. The zero-order chi connectivity index (χ0) is 19.7. The first kappa shape index (κ1) is 18.0. The lowest BCUT2D eigenvalue weighted by Crippen LogP contribution is -2.38. The molecule has 8 nitrogen and oxygen atoms in total. The molecule has 0 bridgehead atoms. The van der Waals surface area contributed by atoms with Crippen LogP contribution in [-0.2, 0) is 13.1 Å². The number of para-hydroxylation sites is 1. The van der Waals surface area contributed by atoms with Crippen LogP contribution in [0.3, 0.4) is 0 Å². The number of fused-ring (bicyclic) bond motifs is 1. The van der Waals surface area contributed by atoms with Crippen molar-refractivity contribution < 1.29 is 9.59 Å². The average Bonchev–Trinajstić information content (AvgIpc) is 3.35. The smallest absolute Gasteiger partial charge is 0.276 e. The highest BCUT2D eigenvalue weighted by molar-refractivity contribution is 6.03. The van der Waals surface area contributed by atoms with E-state index in [1.807, 2.05) is 44.2 Å². The highest BCUT2D eigenvalue weighted by Crippen LogP contribution is 2.18. The van der Waals surface area contributed by atoms with Gasteiger partial charge in [0.15, 0.2) is 5.69 Å². The molecule has 144 valence electrons. The summed E-state index contributed by atoms with van der Waals surface area (Å²) in [5, 5.41) is 14.3. The van der Waals surface area contributed by atoms with Crippen LogP contribution >= 0.6 is 0 Å². The van der Waals surface area contributed by atoms with Gasteiger partial charge in [0, 0.05) is 17.9 Å². The predicted octanol–water partition coefficient (Wildman–Crippen LogP) is 2.64. The lowest BCUT2D eigenvalue weighted by molar-refractivity contribution is 0.0699. The normalized spacial score (nSPS) is 13.5. The average molecular weight is 378 g/mol. The molecule has 0 fully saturated rings. The van der Waals surface area contributed by atoms with E-state index in [1.54, 1.807) is 21.7 Å². The van der Waals surface area contributed by atoms with Crippen molar-refractivity contribution in [2.45, 2.75) is 32.9 Å². The van der Waals surface area contributed by atoms with Crippen molar-refractivity contribution in [3.05, 3.63) is 65.2 Å². The van der Waals surface area contributed by atoms with Gasteiger partial charge in [-0.05, 0) is 30.2 Å². The molecule has 4 rings (SSSR count). The second kappa shape index (κ2) is 7.30. The maximum Gasteiger partial charge on any atom is 0.276 e. The van der Waals surface area contributed by atoms with Gasteiger partial charge >= 0.3 is 0 Å². The van der Waals surface area contributed by atoms with Gasteiger partial charge in [-0.3, -0.25) is 19.4 Å². The monoisotopic (exact) mass is 378 g/mol. The van der Waals surface area contributed by atoms with E-state index in [0.29, 0.717) is 31.0 Å². The summed E-state index contributed by atoms with van der Waals surface area (Å²) in [6.07, 6.45) is 0. The molecular formula is C20H22N6O2. The van der Waals surface area contributed by atoms with Crippen LogP contribution in [0.5, 0.6) is 0 Å². The van der Waals surface area contributed by atoms with Gasteiger partial charge in [-0.15, -0.1) is 0 Å². The Balaban J connectivity index is 1.46. The standard InChI is InChI=1S/C20H22N6O2/c1-13(2)16-11-18(23-22-16)20(28)25-8-9-26-15(12-25)10-17(24-26)19(27)21-14-6-4-3-5-7-14/h3-7,10-11,13H,8-9,12H2,1-2H3,(H,21,27)(H,22,23). The van der Waals surface area contributed by atoms with Crippen molar-refractivity contribution in [3.8, 4) is 0 Å². The van der Waals surface area contributed by atoms with Crippen LogP contribution in [0.25, 0.3) is 0 Å².